The summed E-state index contributed by atoms with van der Waals surface area (Å²) in [5, 5.41) is 2.77. The number of carbonyl (C=O) groups excluding carboxylic acids is 1. The summed E-state index contributed by atoms with van der Waals surface area (Å²) in [4.78, 5) is 11.2. The minimum Gasteiger partial charge on any atom is -0.377 e. The fraction of sp³-hybridized carbons (Fsp3) is 0.917. The molecular formula is C12H24INO4. The van der Waals surface area contributed by atoms with E-state index in [0.29, 0.717) is 39.6 Å². The van der Waals surface area contributed by atoms with E-state index in [9.17, 15) is 4.79 Å². The Kier molecular flexibility index (Phi) is 12.2. The smallest absolute Gasteiger partial charge is 0.232 e. The molecule has 0 aromatic carbocycles. The minimum atomic E-state index is -0.00751. The molecule has 0 heterocycles. The lowest BCUT2D eigenvalue weighted by molar-refractivity contribution is -0.120. The lowest BCUT2D eigenvalue weighted by Gasteiger charge is -2.09. The van der Waals surface area contributed by atoms with E-state index in [2.05, 4.69) is 27.9 Å². The third kappa shape index (κ3) is 12.5. The highest BCUT2D eigenvalue weighted by molar-refractivity contribution is 14.1. The largest absolute Gasteiger partial charge is 0.377 e. The minimum absolute atomic E-state index is 0.00751. The van der Waals surface area contributed by atoms with Crippen molar-refractivity contribution < 1.29 is 19.0 Å². The van der Waals surface area contributed by atoms with Gasteiger partial charge in [-0.25, -0.2) is 0 Å². The van der Waals surface area contributed by atoms with Gasteiger partial charge in [0.25, 0.3) is 0 Å². The van der Waals surface area contributed by atoms with Crippen molar-refractivity contribution in [3.63, 3.8) is 0 Å². The van der Waals surface area contributed by atoms with E-state index in [1.54, 1.807) is 0 Å². The van der Waals surface area contributed by atoms with Crippen LogP contribution in [0.4, 0.5) is 0 Å². The summed E-state index contributed by atoms with van der Waals surface area (Å²) in [5.74, 6) is 0.0429. The van der Waals surface area contributed by atoms with Gasteiger partial charge in [0.1, 0.15) is 0 Å². The molecule has 0 bridgehead atoms. The normalized spacial score (nSPS) is 12.7. The summed E-state index contributed by atoms with van der Waals surface area (Å²) in [6.45, 7) is 9.19. The van der Waals surface area contributed by atoms with E-state index in [1.807, 2.05) is 20.8 Å². The molecule has 1 amide bonds. The van der Waals surface area contributed by atoms with Crippen LogP contribution in [0.15, 0.2) is 0 Å². The molecule has 0 aliphatic rings. The molecule has 6 heteroatoms. The van der Waals surface area contributed by atoms with Gasteiger partial charge in [0.15, 0.2) is 0 Å². The van der Waals surface area contributed by atoms with E-state index in [0.717, 1.165) is 0 Å². The van der Waals surface area contributed by atoms with Gasteiger partial charge in [-0.1, -0.05) is 22.6 Å². The summed E-state index contributed by atoms with van der Waals surface area (Å²) in [5.41, 5.74) is 0. The molecule has 108 valence electrons. The van der Waals surface area contributed by atoms with Crippen LogP contribution < -0.4 is 5.32 Å². The van der Waals surface area contributed by atoms with Crippen LogP contribution >= 0.6 is 22.6 Å². The topological polar surface area (TPSA) is 56.8 Å². The maximum Gasteiger partial charge on any atom is 0.232 e. The zero-order valence-electron chi connectivity index (χ0n) is 11.4. The molecule has 0 aliphatic carbocycles. The highest BCUT2D eigenvalue weighted by Gasteiger charge is 2.06. The molecule has 1 atom stereocenters. The van der Waals surface area contributed by atoms with E-state index in [-0.39, 0.29) is 15.9 Å². The predicted octanol–water partition coefficient (Wildman–Crippen LogP) is 1.38. The zero-order valence-corrected chi connectivity index (χ0v) is 13.6. The average Bonchev–Trinajstić information content (AvgIpc) is 2.30. The first-order valence-corrected chi connectivity index (χ1v) is 7.47. The SMILES string of the molecule is CC(C)OCCOCCOCCNC(=O)C(C)I. The van der Waals surface area contributed by atoms with Gasteiger partial charge in [-0.2, -0.15) is 0 Å². The van der Waals surface area contributed by atoms with E-state index in [4.69, 9.17) is 14.2 Å². The first kappa shape index (κ1) is 18.1. The first-order chi connectivity index (χ1) is 8.54. The van der Waals surface area contributed by atoms with Crippen molar-refractivity contribution in [2.24, 2.45) is 0 Å². The van der Waals surface area contributed by atoms with Crippen LogP contribution in [-0.4, -0.2) is 55.5 Å². The van der Waals surface area contributed by atoms with Crippen LogP contribution in [0, 0.1) is 0 Å². The number of nitrogens with one attached hydrogen (secondary N) is 1. The molecule has 0 rings (SSSR count). The Morgan fingerprint density at radius 2 is 1.61 bits per heavy atom. The second-order valence-electron chi connectivity index (χ2n) is 4.05. The highest BCUT2D eigenvalue weighted by atomic mass is 127. The molecular weight excluding hydrogens is 349 g/mol. The molecule has 0 saturated carbocycles. The molecule has 0 aromatic rings. The maximum absolute atomic E-state index is 11.2. The van der Waals surface area contributed by atoms with E-state index >= 15 is 0 Å². The Morgan fingerprint density at radius 1 is 1.06 bits per heavy atom. The average molecular weight is 373 g/mol. The van der Waals surface area contributed by atoms with Crippen molar-refractivity contribution in [1.29, 1.82) is 0 Å². The standard InChI is InChI=1S/C12H24INO4/c1-10(2)18-9-8-17-7-6-16-5-4-14-12(15)11(3)13/h10-11H,4-9H2,1-3H3,(H,14,15). The monoisotopic (exact) mass is 373 g/mol. The van der Waals surface area contributed by atoms with E-state index in [1.165, 1.54) is 0 Å². The summed E-state index contributed by atoms with van der Waals surface area (Å²) in [7, 11) is 0. The number of rotatable bonds is 11. The lowest BCUT2D eigenvalue weighted by atomic mass is 10.4. The Morgan fingerprint density at radius 3 is 2.17 bits per heavy atom. The second-order valence-corrected chi connectivity index (χ2v) is 5.92. The van der Waals surface area contributed by atoms with Gasteiger partial charge in [0.05, 0.1) is 43.1 Å². The maximum atomic E-state index is 11.2. The van der Waals surface area contributed by atoms with Gasteiger partial charge in [0.2, 0.25) is 5.91 Å². The van der Waals surface area contributed by atoms with E-state index < -0.39 is 0 Å². The number of alkyl halides is 1. The fourth-order valence-electron chi connectivity index (χ4n) is 1.05. The summed E-state index contributed by atoms with van der Waals surface area (Å²) < 4.78 is 15.9. The van der Waals surface area contributed by atoms with Crippen molar-refractivity contribution in [2.45, 2.75) is 30.8 Å². The summed E-state index contributed by atoms with van der Waals surface area (Å²) >= 11 is 2.08. The van der Waals surface area contributed by atoms with Gasteiger partial charge in [-0.05, 0) is 20.8 Å². The van der Waals surface area contributed by atoms with Gasteiger partial charge in [-0.3, -0.25) is 4.79 Å². The van der Waals surface area contributed by atoms with Gasteiger partial charge >= 0.3 is 0 Å². The first-order valence-electron chi connectivity index (χ1n) is 6.23. The number of hydrogen-bond donors (Lipinski definition) is 1. The van der Waals surface area contributed by atoms with Crippen LogP contribution in [0.3, 0.4) is 0 Å². The molecule has 1 N–H and O–H groups in total. The molecule has 0 aromatic heterocycles. The number of carbonyl (C=O) groups is 1. The molecule has 0 radical (unpaired) electrons. The summed E-state index contributed by atoms with van der Waals surface area (Å²) in [6, 6.07) is 0. The number of hydrogen-bond acceptors (Lipinski definition) is 4. The van der Waals surface area contributed by atoms with Crippen molar-refractivity contribution in [1.82, 2.24) is 5.32 Å². The van der Waals surface area contributed by atoms with Gasteiger partial charge in [0, 0.05) is 6.54 Å². The number of ether oxygens (including phenoxy) is 3. The summed E-state index contributed by atoms with van der Waals surface area (Å²) in [6.07, 6.45) is 0.244. The van der Waals surface area contributed by atoms with Crippen LogP contribution in [0.2, 0.25) is 0 Å². The molecule has 18 heavy (non-hydrogen) atoms. The Labute approximate surface area is 123 Å². The number of halogens is 1. The van der Waals surface area contributed by atoms with Crippen LogP contribution in [0.1, 0.15) is 20.8 Å². The van der Waals surface area contributed by atoms with Crippen LogP contribution in [-0.2, 0) is 19.0 Å². The predicted molar refractivity (Wildman–Crippen MR) is 79.2 cm³/mol. The van der Waals surface area contributed by atoms with Gasteiger partial charge < -0.3 is 19.5 Å². The molecule has 0 fully saturated rings. The molecule has 0 saturated heterocycles. The number of amides is 1. The Balaban J connectivity index is 3.10. The van der Waals surface area contributed by atoms with Crippen molar-refractivity contribution in [3.05, 3.63) is 0 Å². The van der Waals surface area contributed by atoms with Crippen LogP contribution in [0.5, 0.6) is 0 Å². The highest BCUT2D eigenvalue weighted by Crippen LogP contribution is 1.96. The van der Waals surface area contributed by atoms with Crippen molar-refractivity contribution in [2.75, 3.05) is 39.6 Å². The molecule has 1 unspecified atom stereocenters. The lowest BCUT2D eigenvalue weighted by Crippen LogP contribution is -2.32. The fourth-order valence-corrected chi connectivity index (χ4v) is 1.27. The second kappa shape index (κ2) is 12.1. The molecule has 0 aliphatic heterocycles. The zero-order chi connectivity index (χ0) is 13.8. The van der Waals surface area contributed by atoms with Crippen LogP contribution in [0.25, 0.3) is 0 Å². The molecule has 5 nitrogen and oxygen atoms in total. The van der Waals surface area contributed by atoms with Crippen molar-refractivity contribution >= 4 is 28.5 Å². The Bertz CT molecular complexity index is 212. The Hall–Kier alpha value is 0.0800. The van der Waals surface area contributed by atoms with Crippen molar-refractivity contribution in [3.8, 4) is 0 Å². The van der Waals surface area contributed by atoms with Gasteiger partial charge in [-0.15, -0.1) is 0 Å². The quantitative estimate of drug-likeness (QED) is 0.338. The third-order valence-electron chi connectivity index (χ3n) is 1.96. The molecule has 0 spiro atoms. The third-order valence-corrected chi connectivity index (χ3v) is 2.52.